The minimum Gasteiger partial charge on any atom is -0.354 e. The summed E-state index contributed by atoms with van der Waals surface area (Å²) < 4.78 is 67.4. The predicted molar refractivity (Wildman–Crippen MR) is 135 cm³/mol. The number of anilines is 1. The van der Waals surface area contributed by atoms with Crippen molar-refractivity contribution in [2.45, 2.75) is 31.0 Å². The topological polar surface area (TPSA) is 86.3 Å². The van der Waals surface area contributed by atoms with Gasteiger partial charge in [-0.25, -0.2) is 23.7 Å². The number of aromatic nitrogens is 3. The smallest absolute Gasteiger partial charge is 0.354 e. The summed E-state index contributed by atoms with van der Waals surface area (Å²) in [5.74, 6) is -3.90. The molecule has 0 saturated carbocycles. The van der Waals surface area contributed by atoms with Crippen LogP contribution in [0.5, 0.6) is 0 Å². The number of amides is 1. The van der Waals surface area contributed by atoms with Crippen LogP contribution in [0.4, 0.5) is 27.8 Å². The van der Waals surface area contributed by atoms with Crippen LogP contribution in [0, 0.1) is 0 Å². The molecule has 1 aromatic carbocycles. The van der Waals surface area contributed by atoms with Gasteiger partial charge < -0.3 is 15.5 Å². The van der Waals surface area contributed by atoms with Crippen molar-refractivity contribution in [2.24, 2.45) is 0 Å². The molecular formula is C26H28F5N7O. The molecule has 2 fully saturated rings. The van der Waals surface area contributed by atoms with Crippen LogP contribution in [0.3, 0.4) is 0 Å². The van der Waals surface area contributed by atoms with Gasteiger partial charge in [0.15, 0.2) is 0 Å². The molecule has 1 unspecified atom stereocenters. The number of fused-ring (bicyclic) bond motifs is 1. The largest absolute Gasteiger partial charge is 0.451 e. The molecule has 2 aromatic heterocycles. The Morgan fingerprint density at radius 3 is 2.51 bits per heavy atom. The second-order valence-corrected chi connectivity index (χ2v) is 9.77. The van der Waals surface area contributed by atoms with Crippen molar-refractivity contribution in [1.29, 1.82) is 0 Å². The molecule has 2 aliphatic rings. The predicted octanol–water partition coefficient (Wildman–Crippen LogP) is 3.66. The van der Waals surface area contributed by atoms with Gasteiger partial charge in [-0.3, -0.25) is 9.69 Å². The monoisotopic (exact) mass is 549 g/mol. The fourth-order valence-corrected chi connectivity index (χ4v) is 5.07. The fraction of sp³-hybridized carbons (Fsp3) is 0.462. The van der Waals surface area contributed by atoms with E-state index in [0.29, 0.717) is 23.0 Å². The van der Waals surface area contributed by atoms with E-state index in [1.807, 2.05) is 18.2 Å². The van der Waals surface area contributed by atoms with Gasteiger partial charge in [0.05, 0.1) is 18.1 Å². The second-order valence-electron chi connectivity index (χ2n) is 9.77. The number of likely N-dealkylation sites (tertiary alicyclic amines) is 1. The Kier molecular flexibility index (Phi) is 7.63. The number of piperidine rings is 1. The third-order valence-corrected chi connectivity index (χ3v) is 7.03. The Balaban J connectivity index is 1.37. The number of rotatable bonds is 6. The number of pyridine rings is 1. The van der Waals surface area contributed by atoms with E-state index in [4.69, 9.17) is 4.98 Å². The van der Waals surface area contributed by atoms with E-state index < -0.39 is 36.4 Å². The first-order valence-electron chi connectivity index (χ1n) is 12.8. The summed E-state index contributed by atoms with van der Waals surface area (Å²) in [5, 5.41) is 6.71. The van der Waals surface area contributed by atoms with Crippen molar-refractivity contribution < 1.29 is 26.7 Å². The van der Waals surface area contributed by atoms with Crippen LogP contribution in [0.1, 0.15) is 40.6 Å². The Morgan fingerprint density at radius 1 is 1.08 bits per heavy atom. The standard InChI is InChI=1S/C26H28F5N7O/c27-25(28)7-2-10-38(16-25)21(17-13-34-24(35-14-17)26(29,30)31)15-33-23(39)19-3-1-4-20-18(19)5-6-22(36-20)37-11-8-32-9-12-37/h1,3-6,13-14,21,32H,2,7-12,15-16H2,(H,33,39). The van der Waals surface area contributed by atoms with Gasteiger partial charge in [-0.15, -0.1) is 0 Å². The number of carbonyl (C=O) groups is 1. The molecule has 2 N–H and O–H groups in total. The van der Waals surface area contributed by atoms with Crippen molar-refractivity contribution >= 4 is 22.6 Å². The van der Waals surface area contributed by atoms with E-state index in [0.717, 1.165) is 44.4 Å². The summed E-state index contributed by atoms with van der Waals surface area (Å²) in [4.78, 5) is 28.4. The highest BCUT2D eigenvalue weighted by Gasteiger charge is 2.39. The summed E-state index contributed by atoms with van der Waals surface area (Å²) >= 11 is 0. The maximum absolute atomic E-state index is 14.2. The number of nitrogens with one attached hydrogen (secondary N) is 2. The molecule has 3 aromatic rings. The maximum Gasteiger partial charge on any atom is 0.451 e. The van der Waals surface area contributed by atoms with Crippen molar-refractivity contribution in [2.75, 3.05) is 50.7 Å². The Hall–Kier alpha value is -3.45. The van der Waals surface area contributed by atoms with Crippen molar-refractivity contribution in [3.8, 4) is 0 Å². The number of hydrogen-bond acceptors (Lipinski definition) is 7. The van der Waals surface area contributed by atoms with Gasteiger partial charge in [0.2, 0.25) is 5.82 Å². The summed E-state index contributed by atoms with van der Waals surface area (Å²) in [5.41, 5.74) is 1.21. The van der Waals surface area contributed by atoms with Crippen LogP contribution < -0.4 is 15.5 Å². The molecule has 2 aliphatic heterocycles. The van der Waals surface area contributed by atoms with Crippen LogP contribution in [-0.4, -0.2) is 77.5 Å². The third kappa shape index (κ3) is 6.25. The minimum absolute atomic E-state index is 0.119. The van der Waals surface area contributed by atoms with E-state index in [-0.39, 0.29) is 24.9 Å². The first-order valence-corrected chi connectivity index (χ1v) is 12.8. The molecule has 1 amide bonds. The molecule has 208 valence electrons. The summed E-state index contributed by atoms with van der Waals surface area (Å²) in [7, 11) is 0. The zero-order valence-corrected chi connectivity index (χ0v) is 21.0. The SMILES string of the molecule is O=C(NCC(c1cnc(C(F)(F)F)nc1)N1CCCC(F)(F)C1)c1cccc2nc(N3CCNCC3)ccc12. The number of piperazine rings is 1. The zero-order chi connectivity index (χ0) is 27.6. The summed E-state index contributed by atoms with van der Waals surface area (Å²) in [6, 6.07) is 8.04. The van der Waals surface area contributed by atoms with Gasteiger partial charge in [0.25, 0.3) is 11.8 Å². The van der Waals surface area contributed by atoms with E-state index >= 15 is 0 Å². The number of nitrogens with zero attached hydrogens (tertiary/aromatic N) is 5. The number of alkyl halides is 5. The normalized spacial score (nSPS) is 19.2. The van der Waals surface area contributed by atoms with E-state index in [9.17, 15) is 26.7 Å². The lowest BCUT2D eigenvalue weighted by molar-refractivity contribution is -0.145. The van der Waals surface area contributed by atoms with Crippen LogP contribution in [0.2, 0.25) is 0 Å². The first kappa shape index (κ1) is 27.1. The fourth-order valence-electron chi connectivity index (χ4n) is 5.07. The highest BCUT2D eigenvalue weighted by Crippen LogP contribution is 2.33. The molecule has 13 heteroatoms. The highest BCUT2D eigenvalue weighted by molar-refractivity contribution is 6.06. The highest BCUT2D eigenvalue weighted by atomic mass is 19.4. The van der Waals surface area contributed by atoms with Crippen molar-refractivity contribution in [3.63, 3.8) is 0 Å². The molecule has 8 nitrogen and oxygen atoms in total. The van der Waals surface area contributed by atoms with E-state index in [1.165, 1.54) is 4.90 Å². The Morgan fingerprint density at radius 2 is 1.82 bits per heavy atom. The average Bonchev–Trinajstić information content (AvgIpc) is 2.92. The molecule has 0 aliphatic carbocycles. The van der Waals surface area contributed by atoms with Gasteiger partial charge in [-0.1, -0.05) is 6.07 Å². The van der Waals surface area contributed by atoms with Crippen molar-refractivity contribution in [3.05, 3.63) is 59.7 Å². The minimum atomic E-state index is -4.73. The Labute approximate surface area is 221 Å². The number of hydrogen-bond donors (Lipinski definition) is 2. The molecule has 4 heterocycles. The van der Waals surface area contributed by atoms with Crippen LogP contribution >= 0.6 is 0 Å². The van der Waals surface area contributed by atoms with Gasteiger partial charge in [0, 0.05) is 68.1 Å². The van der Waals surface area contributed by atoms with E-state index in [1.54, 1.807) is 12.1 Å². The molecule has 0 spiro atoms. The molecule has 2 saturated heterocycles. The average molecular weight is 550 g/mol. The van der Waals surface area contributed by atoms with Gasteiger partial charge in [-0.05, 0) is 37.2 Å². The first-order chi connectivity index (χ1) is 18.6. The number of halogens is 5. The molecule has 39 heavy (non-hydrogen) atoms. The molecule has 0 radical (unpaired) electrons. The van der Waals surface area contributed by atoms with Crippen LogP contribution in [0.25, 0.3) is 10.9 Å². The van der Waals surface area contributed by atoms with Gasteiger partial charge in [-0.2, -0.15) is 13.2 Å². The van der Waals surface area contributed by atoms with E-state index in [2.05, 4.69) is 25.5 Å². The van der Waals surface area contributed by atoms with Crippen LogP contribution in [-0.2, 0) is 6.18 Å². The van der Waals surface area contributed by atoms with Gasteiger partial charge >= 0.3 is 6.18 Å². The third-order valence-electron chi connectivity index (χ3n) is 7.03. The maximum atomic E-state index is 14.2. The van der Waals surface area contributed by atoms with Crippen LogP contribution in [0.15, 0.2) is 42.7 Å². The Bertz CT molecular complexity index is 1310. The molecular weight excluding hydrogens is 521 g/mol. The number of carbonyl (C=O) groups excluding carboxylic acids is 1. The molecule has 1 atom stereocenters. The molecule has 5 rings (SSSR count). The zero-order valence-electron chi connectivity index (χ0n) is 21.0. The van der Waals surface area contributed by atoms with Gasteiger partial charge in [0.1, 0.15) is 5.82 Å². The lowest BCUT2D eigenvalue weighted by atomic mass is 10.0. The second kappa shape index (κ2) is 11.0. The summed E-state index contributed by atoms with van der Waals surface area (Å²) in [6.45, 7) is 2.96. The number of benzene rings is 1. The lowest BCUT2D eigenvalue weighted by Crippen LogP contribution is -2.47. The molecule has 0 bridgehead atoms. The lowest BCUT2D eigenvalue weighted by Gasteiger charge is -2.38. The quantitative estimate of drug-likeness (QED) is 0.454. The van der Waals surface area contributed by atoms with Crippen molar-refractivity contribution in [1.82, 2.24) is 30.5 Å². The summed E-state index contributed by atoms with van der Waals surface area (Å²) in [6.07, 6.45) is -2.82.